The summed E-state index contributed by atoms with van der Waals surface area (Å²) in [7, 11) is 0. The van der Waals surface area contributed by atoms with E-state index in [-0.39, 0.29) is 5.91 Å². The molecule has 1 aromatic heterocycles. The molecule has 3 rings (SSSR count). The maximum Gasteiger partial charge on any atom is 0.225 e. The van der Waals surface area contributed by atoms with Crippen molar-refractivity contribution in [1.82, 2.24) is 5.32 Å². The lowest BCUT2D eigenvalue weighted by atomic mass is 10.1. The second-order valence-corrected chi connectivity index (χ2v) is 7.81. The van der Waals surface area contributed by atoms with Crippen LogP contribution in [0.5, 0.6) is 0 Å². The number of carbonyl (C=O) groups is 1. The van der Waals surface area contributed by atoms with Crippen LogP contribution in [0.25, 0.3) is 0 Å². The first-order chi connectivity index (χ1) is 12.3. The summed E-state index contributed by atoms with van der Waals surface area (Å²) in [5.74, 6) is 0.124. The average molecular weight is 357 g/mol. The number of hydrogen-bond donors (Lipinski definition) is 1. The lowest BCUT2D eigenvalue weighted by molar-refractivity contribution is -0.120. The van der Waals surface area contributed by atoms with Gasteiger partial charge < -0.3 is 10.2 Å². The Bertz CT molecular complexity index is 628. The molecule has 0 radical (unpaired) electrons. The van der Waals surface area contributed by atoms with Crippen LogP contribution in [0, 0.1) is 0 Å². The first-order valence-corrected chi connectivity index (χ1v) is 10.3. The minimum absolute atomic E-state index is 0.124. The lowest BCUT2D eigenvalue weighted by Crippen LogP contribution is -2.26. The standard InChI is InChI=1S/C21H28N2OS/c24-21(17-20-8-6-16-25-20)22-13-5-7-18-9-11-19(12-10-18)23-14-3-1-2-4-15-23/h6,8-12,16H,1-5,7,13-15,17H2,(H,22,24). The highest BCUT2D eigenvalue weighted by Crippen LogP contribution is 2.20. The molecular formula is C21H28N2OS. The van der Waals surface area contributed by atoms with Crippen molar-refractivity contribution in [2.24, 2.45) is 0 Å². The van der Waals surface area contributed by atoms with Crippen molar-refractivity contribution >= 4 is 22.9 Å². The van der Waals surface area contributed by atoms with Crippen LogP contribution in [0.4, 0.5) is 5.69 Å². The van der Waals surface area contributed by atoms with E-state index in [0.717, 1.165) is 24.3 Å². The molecule has 1 aliphatic heterocycles. The van der Waals surface area contributed by atoms with Crippen molar-refractivity contribution in [3.05, 3.63) is 52.2 Å². The molecule has 3 nitrogen and oxygen atoms in total. The summed E-state index contributed by atoms with van der Waals surface area (Å²) in [6.07, 6.45) is 7.86. The fourth-order valence-corrected chi connectivity index (χ4v) is 4.06. The van der Waals surface area contributed by atoms with Gasteiger partial charge in [0.1, 0.15) is 0 Å². The van der Waals surface area contributed by atoms with Gasteiger partial charge in [0.25, 0.3) is 0 Å². The Morgan fingerprint density at radius 3 is 2.48 bits per heavy atom. The van der Waals surface area contributed by atoms with Gasteiger partial charge in [-0.2, -0.15) is 0 Å². The highest BCUT2D eigenvalue weighted by molar-refractivity contribution is 7.10. The number of thiophene rings is 1. The van der Waals surface area contributed by atoms with E-state index >= 15 is 0 Å². The molecule has 0 unspecified atom stereocenters. The normalized spacial score (nSPS) is 15.0. The van der Waals surface area contributed by atoms with Gasteiger partial charge in [0, 0.05) is 30.2 Å². The van der Waals surface area contributed by atoms with E-state index in [9.17, 15) is 4.79 Å². The van der Waals surface area contributed by atoms with Gasteiger partial charge in [0.15, 0.2) is 0 Å². The fourth-order valence-electron chi connectivity index (χ4n) is 3.36. The number of rotatable bonds is 7. The van der Waals surface area contributed by atoms with Gasteiger partial charge in [-0.05, 0) is 54.8 Å². The van der Waals surface area contributed by atoms with Crippen molar-refractivity contribution in [3.63, 3.8) is 0 Å². The molecule has 0 spiro atoms. The van der Waals surface area contributed by atoms with E-state index in [1.165, 1.54) is 50.0 Å². The summed E-state index contributed by atoms with van der Waals surface area (Å²) < 4.78 is 0. The van der Waals surface area contributed by atoms with Gasteiger partial charge in [-0.15, -0.1) is 11.3 Å². The predicted molar refractivity (Wildman–Crippen MR) is 106 cm³/mol. The number of nitrogens with zero attached hydrogens (tertiary/aromatic N) is 1. The number of amides is 1. The predicted octanol–water partition coefficient (Wildman–Crippen LogP) is 4.42. The molecule has 0 bridgehead atoms. The molecule has 25 heavy (non-hydrogen) atoms. The first-order valence-electron chi connectivity index (χ1n) is 9.44. The number of carbonyl (C=O) groups excluding carboxylic acids is 1. The van der Waals surface area contributed by atoms with Gasteiger partial charge in [0.05, 0.1) is 6.42 Å². The summed E-state index contributed by atoms with van der Waals surface area (Å²) >= 11 is 1.64. The van der Waals surface area contributed by atoms with Crippen LogP contribution < -0.4 is 10.2 Å². The summed E-state index contributed by atoms with van der Waals surface area (Å²) in [6, 6.07) is 13.0. The molecule has 4 heteroatoms. The molecular weight excluding hydrogens is 328 g/mol. The zero-order valence-electron chi connectivity index (χ0n) is 14.9. The van der Waals surface area contributed by atoms with Crippen LogP contribution in [0.3, 0.4) is 0 Å². The summed E-state index contributed by atoms with van der Waals surface area (Å²) in [4.78, 5) is 15.5. The van der Waals surface area contributed by atoms with Crippen molar-refractivity contribution in [1.29, 1.82) is 0 Å². The van der Waals surface area contributed by atoms with Crippen LogP contribution in [0.1, 0.15) is 42.5 Å². The van der Waals surface area contributed by atoms with Crippen LogP contribution in [-0.4, -0.2) is 25.5 Å². The Kier molecular flexibility index (Phi) is 6.92. The van der Waals surface area contributed by atoms with Gasteiger partial charge in [0.2, 0.25) is 5.91 Å². The van der Waals surface area contributed by atoms with E-state index in [4.69, 9.17) is 0 Å². The molecule has 2 aromatic rings. The Hall–Kier alpha value is -1.81. The number of benzene rings is 1. The Labute approximate surface area is 155 Å². The molecule has 1 saturated heterocycles. The molecule has 0 saturated carbocycles. The SMILES string of the molecule is O=C(Cc1cccs1)NCCCc1ccc(N2CCCCCC2)cc1. The van der Waals surface area contributed by atoms with Gasteiger partial charge in [-0.1, -0.05) is 31.0 Å². The van der Waals surface area contributed by atoms with Crippen molar-refractivity contribution in [2.45, 2.75) is 44.9 Å². The second-order valence-electron chi connectivity index (χ2n) is 6.78. The van der Waals surface area contributed by atoms with Crippen molar-refractivity contribution < 1.29 is 4.79 Å². The quantitative estimate of drug-likeness (QED) is 0.745. The van der Waals surface area contributed by atoms with E-state index in [0.29, 0.717) is 6.42 Å². The molecule has 1 aromatic carbocycles. The van der Waals surface area contributed by atoms with E-state index < -0.39 is 0 Å². The second kappa shape index (κ2) is 9.62. The highest BCUT2D eigenvalue weighted by Gasteiger charge is 2.09. The third kappa shape index (κ3) is 5.89. The highest BCUT2D eigenvalue weighted by atomic mass is 32.1. The van der Waals surface area contributed by atoms with Gasteiger partial charge in [-0.3, -0.25) is 4.79 Å². The van der Waals surface area contributed by atoms with Crippen LogP contribution >= 0.6 is 11.3 Å². The number of anilines is 1. The molecule has 0 atom stereocenters. The largest absolute Gasteiger partial charge is 0.372 e. The van der Waals surface area contributed by atoms with Gasteiger partial charge in [-0.25, -0.2) is 0 Å². The minimum Gasteiger partial charge on any atom is -0.372 e. The Morgan fingerprint density at radius 1 is 1.04 bits per heavy atom. The lowest BCUT2D eigenvalue weighted by Gasteiger charge is -2.22. The Morgan fingerprint density at radius 2 is 1.80 bits per heavy atom. The van der Waals surface area contributed by atoms with Crippen molar-refractivity contribution in [2.75, 3.05) is 24.5 Å². The number of aryl methyl sites for hydroxylation is 1. The first kappa shape index (κ1) is 18.0. The zero-order valence-corrected chi connectivity index (χ0v) is 15.7. The van der Waals surface area contributed by atoms with Crippen LogP contribution in [0.2, 0.25) is 0 Å². The summed E-state index contributed by atoms with van der Waals surface area (Å²) in [5, 5.41) is 5.03. The third-order valence-electron chi connectivity index (χ3n) is 4.79. The maximum absolute atomic E-state index is 11.9. The molecule has 0 aliphatic carbocycles. The van der Waals surface area contributed by atoms with E-state index in [1.54, 1.807) is 11.3 Å². The number of nitrogens with one attached hydrogen (secondary N) is 1. The van der Waals surface area contributed by atoms with Crippen molar-refractivity contribution in [3.8, 4) is 0 Å². The van der Waals surface area contributed by atoms with E-state index in [2.05, 4.69) is 34.5 Å². The molecule has 1 N–H and O–H groups in total. The van der Waals surface area contributed by atoms with Gasteiger partial charge >= 0.3 is 0 Å². The summed E-state index contributed by atoms with van der Waals surface area (Å²) in [6.45, 7) is 3.13. The smallest absolute Gasteiger partial charge is 0.225 e. The van der Waals surface area contributed by atoms with E-state index in [1.807, 2.05) is 17.5 Å². The molecule has 1 amide bonds. The average Bonchev–Trinajstić information content (AvgIpc) is 2.98. The fraction of sp³-hybridized carbons (Fsp3) is 0.476. The summed E-state index contributed by atoms with van der Waals surface area (Å²) in [5.41, 5.74) is 2.71. The van der Waals surface area contributed by atoms with Crippen LogP contribution in [-0.2, 0) is 17.6 Å². The zero-order chi connectivity index (χ0) is 17.3. The topological polar surface area (TPSA) is 32.3 Å². The molecule has 2 heterocycles. The monoisotopic (exact) mass is 356 g/mol. The van der Waals surface area contributed by atoms with Crippen LogP contribution in [0.15, 0.2) is 41.8 Å². The molecule has 134 valence electrons. The minimum atomic E-state index is 0.124. The molecule has 1 fully saturated rings. The number of hydrogen-bond acceptors (Lipinski definition) is 3. The third-order valence-corrected chi connectivity index (χ3v) is 5.66. The Balaban J connectivity index is 1.37. The molecule has 1 aliphatic rings. The maximum atomic E-state index is 11.9.